The number of ether oxygens (including phenoxy) is 1. The normalized spacial score (nSPS) is 29.1. The van der Waals surface area contributed by atoms with Crippen LogP contribution in [0.25, 0.3) is 0 Å². The maximum absolute atomic E-state index is 10.7. The fourth-order valence-electron chi connectivity index (χ4n) is 1.62. The van der Waals surface area contributed by atoms with Crippen molar-refractivity contribution in [3.8, 4) is 0 Å². The standard InChI is InChI=1S/C9H16O3/c1-2-3-4-8-7(9(10)11)5-6-12-8/h7-8H,2-6H2,1H3,(H,10,11)/t7?,8-/m1/s1. The van der Waals surface area contributed by atoms with Crippen LogP contribution in [0, 0.1) is 5.92 Å². The van der Waals surface area contributed by atoms with Crippen molar-refractivity contribution in [2.45, 2.75) is 38.7 Å². The van der Waals surface area contributed by atoms with E-state index < -0.39 is 5.97 Å². The Bertz CT molecular complexity index is 156. The predicted octanol–water partition coefficient (Wildman–Crippen LogP) is 1.67. The van der Waals surface area contributed by atoms with Crippen molar-refractivity contribution in [1.29, 1.82) is 0 Å². The molecule has 1 N–H and O–H groups in total. The lowest BCUT2D eigenvalue weighted by Gasteiger charge is -2.13. The van der Waals surface area contributed by atoms with Gasteiger partial charge in [-0.05, 0) is 12.8 Å². The highest BCUT2D eigenvalue weighted by Gasteiger charge is 2.33. The molecule has 0 saturated carbocycles. The molecule has 0 spiro atoms. The third-order valence-electron chi connectivity index (χ3n) is 2.37. The molecule has 1 heterocycles. The van der Waals surface area contributed by atoms with Gasteiger partial charge in [0.1, 0.15) is 0 Å². The second kappa shape index (κ2) is 4.45. The molecule has 3 nitrogen and oxygen atoms in total. The molecule has 2 atom stereocenters. The Morgan fingerprint density at radius 1 is 1.67 bits per heavy atom. The quantitative estimate of drug-likeness (QED) is 0.701. The molecule has 1 unspecified atom stereocenters. The number of carboxylic acid groups (broad SMARTS) is 1. The minimum Gasteiger partial charge on any atom is -0.481 e. The minimum absolute atomic E-state index is 0.0255. The van der Waals surface area contributed by atoms with Crippen molar-refractivity contribution in [2.75, 3.05) is 6.61 Å². The lowest BCUT2D eigenvalue weighted by atomic mass is 9.98. The molecule has 3 heteroatoms. The lowest BCUT2D eigenvalue weighted by Crippen LogP contribution is -2.23. The van der Waals surface area contributed by atoms with Gasteiger partial charge in [0, 0.05) is 6.61 Å². The average Bonchev–Trinajstić information content (AvgIpc) is 2.48. The average molecular weight is 172 g/mol. The van der Waals surface area contributed by atoms with Crippen molar-refractivity contribution in [3.63, 3.8) is 0 Å². The van der Waals surface area contributed by atoms with Gasteiger partial charge in [-0.25, -0.2) is 0 Å². The summed E-state index contributed by atoms with van der Waals surface area (Å²) in [6.07, 6.45) is 3.72. The van der Waals surface area contributed by atoms with Crippen LogP contribution in [0.2, 0.25) is 0 Å². The Labute approximate surface area is 72.7 Å². The van der Waals surface area contributed by atoms with Gasteiger partial charge in [0.15, 0.2) is 0 Å². The van der Waals surface area contributed by atoms with Crippen LogP contribution >= 0.6 is 0 Å². The van der Waals surface area contributed by atoms with E-state index in [1.54, 1.807) is 0 Å². The maximum Gasteiger partial charge on any atom is 0.309 e. The molecule has 0 aromatic heterocycles. The topological polar surface area (TPSA) is 46.5 Å². The van der Waals surface area contributed by atoms with Gasteiger partial charge < -0.3 is 9.84 Å². The minimum atomic E-state index is -0.700. The van der Waals surface area contributed by atoms with Crippen LogP contribution in [0.4, 0.5) is 0 Å². The molecule has 0 bridgehead atoms. The Morgan fingerprint density at radius 2 is 2.42 bits per heavy atom. The number of hydrogen-bond donors (Lipinski definition) is 1. The molecule has 70 valence electrons. The van der Waals surface area contributed by atoms with Gasteiger partial charge >= 0.3 is 5.97 Å². The molecule has 1 aliphatic rings. The van der Waals surface area contributed by atoms with Gasteiger partial charge in [-0.2, -0.15) is 0 Å². The highest BCUT2D eigenvalue weighted by atomic mass is 16.5. The first-order chi connectivity index (χ1) is 5.75. The summed E-state index contributed by atoms with van der Waals surface area (Å²) in [5.74, 6) is -0.954. The SMILES string of the molecule is CCCC[C@H]1OCCC1C(=O)O. The van der Waals surface area contributed by atoms with E-state index in [1.807, 2.05) is 0 Å². The number of aliphatic carboxylic acids is 1. The molecule has 0 amide bonds. The first-order valence-corrected chi connectivity index (χ1v) is 4.60. The summed E-state index contributed by atoms with van der Waals surface area (Å²) in [4.78, 5) is 10.7. The van der Waals surface area contributed by atoms with Crippen molar-refractivity contribution >= 4 is 5.97 Å². The Balaban J connectivity index is 2.35. The van der Waals surface area contributed by atoms with E-state index in [9.17, 15) is 4.79 Å². The van der Waals surface area contributed by atoms with Crippen LogP contribution in [0.3, 0.4) is 0 Å². The van der Waals surface area contributed by atoms with Crippen molar-refractivity contribution in [1.82, 2.24) is 0 Å². The Morgan fingerprint density at radius 3 is 3.00 bits per heavy atom. The van der Waals surface area contributed by atoms with E-state index in [-0.39, 0.29) is 12.0 Å². The molecule has 1 fully saturated rings. The molecule has 0 radical (unpaired) electrons. The first-order valence-electron chi connectivity index (χ1n) is 4.60. The molecule has 0 aromatic carbocycles. The van der Waals surface area contributed by atoms with Crippen molar-refractivity contribution in [3.05, 3.63) is 0 Å². The van der Waals surface area contributed by atoms with Crippen LogP contribution in [0.5, 0.6) is 0 Å². The summed E-state index contributed by atoms with van der Waals surface area (Å²) in [5.41, 5.74) is 0. The van der Waals surface area contributed by atoms with Gasteiger partial charge in [-0.1, -0.05) is 19.8 Å². The van der Waals surface area contributed by atoms with Crippen LogP contribution in [-0.2, 0) is 9.53 Å². The predicted molar refractivity (Wildman–Crippen MR) is 45.0 cm³/mol. The summed E-state index contributed by atoms with van der Waals surface area (Å²) in [7, 11) is 0. The summed E-state index contributed by atoms with van der Waals surface area (Å²) >= 11 is 0. The van der Waals surface area contributed by atoms with E-state index >= 15 is 0 Å². The maximum atomic E-state index is 10.7. The third kappa shape index (κ3) is 2.21. The van der Waals surface area contributed by atoms with Gasteiger partial charge in [-0.3, -0.25) is 4.79 Å². The smallest absolute Gasteiger partial charge is 0.309 e. The Kier molecular flexibility index (Phi) is 3.53. The van der Waals surface area contributed by atoms with Crippen LogP contribution < -0.4 is 0 Å². The molecular formula is C9H16O3. The fraction of sp³-hybridized carbons (Fsp3) is 0.889. The largest absolute Gasteiger partial charge is 0.481 e. The number of carbonyl (C=O) groups is 1. The highest BCUT2D eigenvalue weighted by molar-refractivity contribution is 5.71. The number of rotatable bonds is 4. The molecular weight excluding hydrogens is 156 g/mol. The Hall–Kier alpha value is -0.570. The fourth-order valence-corrected chi connectivity index (χ4v) is 1.62. The van der Waals surface area contributed by atoms with E-state index in [0.717, 1.165) is 19.3 Å². The molecule has 1 aliphatic heterocycles. The van der Waals surface area contributed by atoms with E-state index in [2.05, 4.69) is 6.92 Å². The summed E-state index contributed by atoms with van der Waals surface area (Å²) in [5, 5.41) is 8.80. The van der Waals surface area contributed by atoms with Crippen LogP contribution in [0.1, 0.15) is 32.6 Å². The van der Waals surface area contributed by atoms with E-state index in [0.29, 0.717) is 13.0 Å². The molecule has 12 heavy (non-hydrogen) atoms. The molecule has 1 saturated heterocycles. The zero-order valence-electron chi connectivity index (χ0n) is 7.45. The van der Waals surface area contributed by atoms with E-state index in [4.69, 9.17) is 9.84 Å². The second-order valence-electron chi connectivity index (χ2n) is 3.28. The number of carboxylic acids is 1. The number of hydrogen-bond acceptors (Lipinski definition) is 2. The summed E-state index contributed by atoms with van der Waals surface area (Å²) < 4.78 is 5.35. The highest BCUT2D eigenvalue weighted by Crippen LogP contribution is 2.24. The summed E-state index contributed by atoms with van der Waals surface area (Å²) in [6.45, 7) is 2.72. The lowest BCUT2D eigenvalue weighted by molar-refractivity contribution is -0.143. The van der Waals surface area contributed by atoms with Crippen molar-refractivity contribution < 1.29 is 14.6 Å². The van der Waals surface area contributed by atoms with Gasteiger partial charge in [0.2, 0.25) is 0 Å². The monoisotopic (exact) mass is 172 g/mol. The molecule has 0 aliphatic carbocycles. The summed E-state index contributed by atoms with van der Waals surface area (Å²) in [6, 6.07) is 0. The zero-order chi connectivity index (χ0) is 8.97. The van der Waals surface area contributed by atoms with Crippen molar-refractivity contribution in [2.24, 2.45) is 5.92 Å². The zero-order valence-corrected chi connectivity index (χ0v) is 7.45. The molecule has 0 aromatic rings. The molecule has 1 rings (SSSR count). The third-order valence-corrected chi connectivity index (χ3v) is 2.37. The first kappa shape index (κ1) is 9.52. The van der Waals surface area contributed by atoms with E-state index in [1.165, 1.54) is 0 Å². The van der Waals surface area contributed by atoms with Crippen LogP contribution in [0.15, 0.2) is 0 Å². The van der Waals surface area contributed by atoms with Gasteiger partial charge in [0.25, 0.3) is 0 Å². The number of unbranched alkanes of at least 4 members (excludes halogenated alkanes) is 1. The van der Waals surface area contributed by atoms with Gasteiger partial charge in [-0.15, -0.1) is 0 Å². The van der Waals surface area contributed by atoms with Gasteiger partial charge in [0.05, 0.1) is 12.0 Å². The second-order valence-corrected chi connectivity index (χ2v) is 3.28. The van der Waals surface area contributed by atoms with Crippen LogP contribution in [-0.4, -0.2) is 23.8 Å².